The molecule has 0 unspecified atom stereocenters. The molecule has 0 aromatic heterocycles. The first-order chi connectivity index (χ1) is 16.0. The van der Waals surface area contributed by atoms with E-state index >= 15 is 0 Å². The zero-order chi connectivity index (χ0) is 23.6. The van der Waals surface area contributed by atoms with Gasteiger partial charge in [0.2, 0.25) is 11.8 Å². The molecule has 3 rings (SSSR count). The summed E-state index contributed by atoms with van der Waals surface area (Å²) in [7, 11) is 0. The number of carbonyl (C=O) groups is 4. The minimum absolute atomic E-state index is 0.0428. The van der Waals surface area contributed by atoms with Crippen LogP contribution >= 0.6 is 0 Å². The van der Waals surface area contributed by atoms with Crippen molar-refractivity contribution in [2.24, 2.45) is 0 Å². The van der Waals surface area contributed by atoms with Gasteiger partial charge < -0.3 is 14.5 Å². The molecule has 2 atom stereocenters. The lowest BCUT2D eigenvalue weighted by Gasteiger charge is -2.31. The molecule has 2 fully saturated rings. The molecule has 2 amide bonds. The van der Waals surface area contributed by atoms with Crippen LogP contribution < -0.4 is 0 Å². The van der Waals surface area contributed by atoms with E-state index in [1.54, 1.807) is 40.1 Å². The Bertz CT molecular complexity index is 825. The van der Waals surface area contributed by atoms with Gasteiger partial charge in [-0.3, -0.25) is 14.4 Å². The molecule has 0 N–H and O–H groups in total. The first-order valence-electron chi connectivity index (χ1n) is 12.4. The van der Waals surface area contributed by atoms with Crippen LogP contribution in [0.1, 0.15) is 81.5 Å². The van der Waals surface area contributed by atoms with Crippen LogP contribution in [0.5, 0.6) is 0 Å². The Hall–Kier alpha value is -2.70. The number of benzene rings is 1. The summed E-state index contributed by atoms with van der Waals surface area (Å²) < 4.78 is 5.20. The first kappa shape index (κ1) is 24.9. The molecule has 2 aliphatic rings. The van der Waals surface area contributed by atoms with Crippen molar-refractivity contribution in [3.8, 4) is 0 Å². The molecule has 0 radical (unpaired) electrons. The van der Waals surface area contributed by atoms with Crippen LogP contribution in [-0.2, 0) is 19.1 Å². The molecule has 7 heteroatoms. The number of unbranched alkanes of at least 4 members (excludes halogenated alkanes) is 4. The van der Waals surface area contributed by atoms with Crippen LogP contribution in [0, 0.1) is 0 Å². The molecule has 7 nitrogen and oxygen atoms in total. The van der Waals surface area contributed by atoms with Gasteiger partial charge in [-0.2, -0.15) is 0 Å². The van der Waals surface area contributed by atoms with E-state index < -0.39 is 18.1 Å². The van der Waals surface area contributed by atoms with Crippen molar-refractivity contribution in [1.82, 2.24) is 9.80 Å². The Morgan fingerprint density at radius 3 is 2.27 bits per heavy atom. The highest BCUT2D eigenvalue weighted by Crippen LogP contribution is 2.26. The van der Waals surface area contributed by atoms with Crippen molar-refractivity contribution >= 4 is 23.6 Å². The van der Waals surface area contributed by atoms with Gasteiger partial charge in [0.15, 0.2) is 12.4 Å². The molecule has 2 saturated heterocycles. The van der Waals surface area contributed by atoms with E-state index in [4.69, 9.17) is 4.74 Å². The molecule has 180 valence electrons. The molecular weight excluding hydrogens is 420 g/mol. The molecule has 0 bridgehead atoms. The summed E-state index contributed by atoms with van der Waals surface area (Å²) in [4.78, 5) is 54.4. The number of ether oxygens (including phenoxy) is 1. The monoisotopic (exact) mass is 456 g/mol. The number of amides is 2. The van der Waals surface area contributed by atoms with Gasteiger partial charge in [-0.1, -0.05) is 50.8 Å². The second-order valence-electron chi connectivity index (χ2n) is 9.01. The summed E-state index contributed by atoms with van der Waals surface area (Å²) >= 11 is 0. The van der Waals surface area contributed by atoms with Gasteiger partial charge in [-0.05, 0) is 44.2 Å². The first-order valence-corrected chi connectivity index (χ1v) is 12.4. The average molecular weight is 457 g/mol. The van der Waals surface area contributed by atoms with Gasteiger partial charge in [0, 0.05) is 19.5 Å². The topological polar surface area (TPSA) is 84.0 Å². The second-order valence-corrected chi connectivity index (χ2v) is 9.01. The smallest absolute Gasteiger partial charge is 0.338 e. The van der Waals surface area contributed by atoms with Crippen molar-refractivity contribution in [1.29, 1.82) is 0 Å². The molecule has 0 spiro atoms. The van der Waals surface area contributed by atoms with Gasteiger partial charge in [0.05, 0.1) is 11.6 Å². The van der Waals surface area contributed by atoms with Gasteiger partial charge >= 0.3 is 5.97 Å². The lowest BCUT2D eigenvalue weighted by molar-refractivity contribution is -0.146. The predicted octanol–water partition coefficient (Wildman–Crippen LogP) is 3.76. The minimum atomic E-state index is -0.590. The maximum absolute atomic E-state index is 13.3. The summed E-state index contributed by atoms with van der Waals surface area (Å²) in [6, 6.07) is 7.46. The molecule has 0 saturated carbocycles. The molecule has 2 aliphatic heterocycles. The third-order valence-electron chi connectivity index (χ3n) is 6.61. The number of ketones is 1. The Kier molecular flexibility index (Phi) is 9.46. The molecule has 2 heterocycles. The number of esters is 1. The number of hydrogen-bond donors (Lipinski definition) is 0. The van der Waals surface area contributed by atoms with E-state index in [0.717, 1.165) is 38.5 Å². The van der Waals surface area contributed by atoms with E-state index in [-0.39, 0.29) is 24.2 Å². The van der Waals surface area contributed by atoms with Crippen LogP contribution in [0.25, 0.3) is 0 Å². The summed E-state index contributed by atoms with van der Waals surface area (Å²) in [6.45, 7) is 2.91. The van der Waals surface area contributed by atoms with Crippen molar-refractivity contribution < 1.29 is 23.9 Å². The van der Waals surface area contributed by atoms with Crippen LogP contribution in [0.3, 0.4) is 0 Å². The van der Waals surface area contributed by atoms with Gasteiger partial charge in [0.25, 0.3) is 0 Å². The van der Waals surface area contributed by atoms with Crippen LogP contribution in [0.4, 0.5) is 0 Å². The predicted molar refractivity (Wildman–Crippen MR) is 125 cm³/mol. The summed E-state index contributed by atoms with van der Waals surface area (Å²) in [5.41, 5.74) is 0.388. The Balaban J connectivity index is 1.53. The number of rotatable bonds is 11. The molecule has 1 aromatic rings. The Labute approximate surface area is 196 Å². The summed E-state index contributed by atoms with van der Waals surface area (Å²) in [5.74, 6) is -0.915. The third-order valence-corrected chi connectivity index (χ3v) is 6.61. The quantitative estimate of drug-likeness (QED) is 0.374. The van der Waals surface area contributed by atoms with E-state index in [9.17, 15) is 19.2 Å². The number of nitrogens with zero attached hydrogens (tertiary/aromatic N) is 2. The number of Topliss-reactive ketones (excluding diaryl/α,β-unsaturated/α-hetero) is 1. The second kappa shape index (κ2) is 12.5. The van der Waals surface area contributed by atoms with Crippen LogP contribution in [0.2, 0.25) is 0 Å². The van der Waals surface area contributed by atoms with E-state index in [0.29, 0.717) is 37.9 Å². The van der Waals surface area contributed by atoms with Crippen molar-refractivity contribution in [2.75, 3.05) is 19.7 Å². The molecular formula is C26H36N2O5. The highest BCUT2D eigenvalue weighted by molar-refractivity contribution is 5.96. The molecule has 0 aliphatic carbocycles. The fourth-order valence-electron chi connectivity index (χ4n) is 4.79. The van der Waals surface area contributed by atoms with Crippen molar-refractivity contribution in [3.05, 3.63) is 35.9 Å². The maximum Gasteiger partial charge on any atom is 0.338 e. The maximum atomic E-state index is 13.3. The highest BCUT2D eigenvalue weighted by atomic mass is 16.5. The lowest BCUT2D eigenvalue weighted by Crippen LogP contribution is -2.51. The minimum Gasteiger partial charge on any atom is -0.454 e. The van der Waals surface area contributed by atoms with Crippen LogP contribution in [-0.4, -0.2) is 65.1 Å². The van der Waals surface area contributed by atoms with Gasteiger partial charge in [0.1, 0.15) is 6.04 Å². The Morgan fingerprint density at radius 1 is 0.879 bits per heavy atom. The number of likely N-dealkylation sites (tertiary alicyclic amines) is 2. The van der Waals surface area contributed by atoms with Crippen LogP contribution in [0.15, 0.2) is 30.3 Å². The van der Waals surface area contributed by atoms with E-state index in [1.165, 1.54) is 6.42 Å². The summed E-state index contributed by atoms with van der Waals surface area (Å²) in [5, 5.41) is 0. The highest BCUT2D eigenvalue weighted by Gasteiger charge is 2.41. The fourth-order valence-corrected chi connectivity index (χ4v) is 4.79. The van der Waals surface area contributed by atoms with Gasteiger partial charge in [-0.15, -0.1) is 0 Å². The normalized spacial score (nSPS) is 20.2. The zero-order valence-corrected chi connectivity index (χ0v) is 19.7. The van der Waals surface area contributed by atoms with E-state index in [1.807, 2.05) is 0 Å². The number of hydrogen-bond acceptors (Lipinski definition) is 5. The van der Waals surface area contributed by atoms with Crippen molar-refractivity contribution in [3.63, 3.8) is 0 Å². The fraction of sp³-hybridized carbons (Fsp3) is 0.615. The van der Waals surface area contributed by atoms with Crippen molar-refractivity contribution in [2.45, 2.75) is 83.2 Å². The lowest BCUT2D eigenvalue weighted by atomic mass is 10.1. The zero-order valence-electron chi connectivity index (χ0n) is 19.7. The van der Waals surface area contributed by atoms with E-state index in [2.05, 4.69) is 6.92 Å². The third kappa shape index (κ3) is 6.65. The standard InChI is InChI=1S/C26H36N2O5/c1-2-3-4-5-9-16-24(30)27-17-11-15-22(27)25(31)28-18-10-14-21(28)23(29)19-33-26(32)20-12-7-6-8-13-20/h6-8,12-13,21-22H,2-5,9-11,14-19H2,1H3/t21-,22-/m0/s1. The number of carbonyl (C=O) groups excluding carboxylic acids is 4. The molecule has 33 heavy (non-hydrogen) atoms. The van der Waals surface area contributed by atoms with Gasteiger partial charge in [-0.25, -0.2) is 4.79 Å². The summed E-state index contributed by atoms with van der Waals surface area (Å²) in [6.07, 6.45) is 8.59. The SMILES string of the molecule is CCCCCCCC(=O)N1CCC[C@H]1C(=O)N1CCC[C@H]1C(=O)COC(=O)c1ccccc1. The molecule has 1 aromatic carbocycles. The Morgan fingerprint density at radius 2 is 1.55 bits per heavy atom. The average Bonchev–Trinajstić information content (AvgIpc) is 3.52. The largest absolute Gasteiger partial charge is 0.454 e.